The maximum atomic E-state index is 11.0. The molecule has 0 bridgehead atoms. The highest BCUT2D eigenvalue weighted by molar-refractivity contribution is 5.40. The van der Waals surface area contributed by atoms with Gasteiger partial charge in [-0.25, -0.2) is 0 Å². The van der Waals surface area contributed by atoms with Crippen LogP contribution in [0.25, 0.3) is 0 Å². The van der Waals surface area contributed by atoms with Gasteiger partial charge < -0.3 is 10.2 Å². The Morgan fingerprint density at radius 2 is 1.46 bits per heavy atom. The Balaban J connectivity index is 2.96. The van der Waals surface area contributed by atoms with Crippen LogP contribution in [0.2, 0.25) is 0 Å². The number of phenolic OH excluding ortho intramolecular Hbond substituents is 1. The van der Waals surface area contributed by atoms with E-state index in [9.17, 15) is 10.2 Å². The number of aliphatic hydroxyl groups excluding tert-OH is 1. The minimum absolute atomic E-state index is 0.0160. The summed E-state index contributed by atoms with van der Waals surface area (Å²) in [6, 6.07) is 5.72. The Hall–Kier alpha value is -1.02. The first kappa shape index (κ1) is 21.0. The molecule has 0 saturated carbocycles. The molecule has 0 radical (unpaired) electrons. The minimum atomic E-state index is -0.569. The molecule has 1 rings (SSSR count). The minimum Gasteiger partial charge on any atom is -0.508 e. The van der Waals surface area contributed by atoms with Crippen LogP contribution in [0.3, 0.4) is 0 Å². The predicted octanol–water partition coefficient (Wildman–Crippen LogP) is 6.50. The highest BCUT2D eigenvalue weighted by Crippen LogP contribution is 2.37. The second-order valence-electron chi connectivity index (χ2n) is 8.22. The molecule has 1 unspecified atom stereocenters. The summed E-state index contributed by atoms with van der Waals surface area (Å²) in [4.78, 5) is 0. The summed E-state index contributed by atoms with van der Waals surface area (Å²) in [6.45, 7) is 10.9. The van der Waals surface area contributed by atoms with Crippen molar-refractivity contribution in [2.75, 3.05) is 0 Å². The molecular weight excluding hydrogens is 296 g/mol. The lowest BCUT2D eigenvalue weighted by Crippen LogP contribution is -2.16. The van der Waals surface area contributed by atoms with Crippen molar-refractivity contribution in [1.82, 2.24) is 0 Å². The van der Waals surface area contributed by atoms with Gasteiger partial charge in [0.2, 0.25) is 0 Å². The van der Waals surface area contributed by atoms with Crippen LogP contribution in [-0.4, -0.2) is 10.2 Å². The van der Waals surface area contributed by atoms with E-state index in [1.54, 1.807) is 6.07 Å². The Labute approximate surface area is 149 Å². The fourth-order valence-electron chi connectivity index (χ4n) is 3.28. The lowest BCUT2D eigenvalue weighted by Gasteiger charge is -2.26. The Morgan fingerprint density at radius 1 is 0.917 bits per heavy atom. The van der Waals surface area contributed by atoms with E-state index in [0.29, 0.717) is 5.56 Å². The fraction of sp³-hybridized carbons (Fsp3) is 0.727. The van der Waals surface area contributed by atoms with Crippen LogP contribution < -0.4 is 0 Å². The average Bonchev–Trinajstić information content (AvgIpc) is 2.52. The molecule has 0 amide bonds. The molecule has 24 heavy (non-hydrogen) atoms. The first-order valence-corrected chi connectivity index (χ1v) is 9.82. The third kappa shape index (κ3) is 6.47. The summed E-state index contributed by atoms with van der Waals surface area (Å²) in [6.07, 6.45) is 8.64. The van der Waals surface area contributed by atoms with Crippen LogP contribution in [0.4, 0.5) is 0 Å². The highest BCUT2D eigenvalue weighted by Gasteiger charge is 2.25. The number of aliphatic hydroxyl groups is 1. The van der Waals surface area contributed by atoms with E-state index < -0.39 is 6.10 Å². The van der Waals surface area contributed by atoms with Gasteiger partial charge in [0.05, 0.1) is 6.10 Å². The van der Waals surface area contributed by atoms with Crippen molar-refractivity contribution in [2.24, 2.45) is 5.92 Å². The molecule has 0 fully saturated rings. The Kier molecular flexibility index (Phi) is 8.83. The molecule has 0 aliphatic rings. The first-order chi connectivity index (χ1) is 11.3. The number of benzene rings is 1. The lowest BCUT2D eigenvalue weighted by molar-refractivity contribution is 0.0915. The van der Waals surface area contributed by atoms with Gasteiger partial charge in [-0.1, -0.05) is 79.2 Å². The van der Waals surface area contributed by atoms with E-state index in [0.717, 1.165) is 31.2 Å². The van der Waals surface area contributed by atoms with Crippen LogP contribution in [0.15, 0.2) is 18.2 Å². The molecule has 0 aliphatic carbocycles. The fourth-order valence-corrected chi connectivity index (χ4v) is 3.28. The highest BCUT2D eigenvalue weighted by atomic mass is 16.3. The van der Waals surface area contributed by atoms with Gasteiger partial charge in [-0.2, -0.15) is 0 Å². The number of aromatic hydroxyl groups is 1. The van der Waals surface area contributed by atoms with Gasteiger partial charge in [-0.05, 0) is 41.9 Å². The average molecular weight is 335 g/mol. The zero-order valence-corrected chi connectivity index (χ0v) is 16.4. The van der Waals surface area contributed by atoms with Gasteiger partial charge in [0.1, 0.15) is 5.75 Å². The van der Waals surface area contributed by atoms with Gasteiger partial charge >= 0.3 is 0 Å². The van der Waals surface area contributed by atoms with E-state index in [4.69, 9.17) is 0 Å². The maximum absolute atomic E-state index is 11.0. The number of hydrogen-bond acceptors (Lipinski definition) is 2. The molecule has 0 saturated heterocycles. The van der Waals surface area contributed by atoms with Crippen molar-refractivity contribution in [3.63, 3.8) is 0 Å². The molecule has 0 aromatic heterocycles. The quantitative estimate of drug-likeness (QED) is 0.479. The largest absolute Gasteiger partial charge is 0.508 e. The zero-order valence-electron chi connectivity index (χ0n) is 16.4. The molecular formula is C22H38O2. The lowest BCUT2D eigenvalue weighted by atomic mass is 9.82. The summed E-state index contributed by atoms with van der Waals surface area (Å²) in [5.74, 6) is 0.468. The van der Waals surface area contributed by atoms with Crippen LogP contribution in [0.5, 0.6) is 5.75 Å². The first-order valence-electron chi connectivity index (χ1n) is 9.82. The SMILES string of the molecule is CCCCCC(CCCCC)C(O)c1cc(C(C)(C)C)ccc1O. The van der Waals surface area contributed by atoms with Crippen molar-refractivity contribution in [2.45, 2.75) is 97.5 Å². The van der Waals surface area contributed by atoms with E-state index in [2.05, 4.69) is 34.6 Å². The normalized spacial score (nSPS) is 13.5. The zero-order chi connectivity index (χ0) is 18.2. The second kappa shape index (κ2) is 10.1. The van der Waals surface area contributed by atoms with Crippen molar-refractivity contribution < 1.29 is 10.2 Å². The second-order valence-corrected chi connectivity index (χ2v) is 8.22. The molecule has 0 aliphatic heterocycles. The third-order valence-corrected chi connectivity index (χ3v) is 5.02. The Morgan fingerprint density at radius 3 is 1.92 bits per heavy atom. The van der Waals surface area contributed by atoms with Gasteiger partial charge in [0.15, 0.2) is 0 Å². The Bertz CT molecular complexity index is 463. The van der Waals surface area contributed by atoms with E-state index >= 15 is 0 Å². The summed E-state index contributed by atoms with van der Waals surface area (Å²) in [5, 5.41) is 21.3. The standard InChI is InChI=1S/C22H38O2/c1-6-8-10-12-17(13-11-9-7-2)21(24)19-16-18(22(3,4)5)14-15-20(19)23/h14-17,21,23-24H,6-13H2,1-5H3. The van der Waals surface area contributed by atoms with Crippen LogP contribution in [0, 0.1) is 5.92 Å². The van der Waals surface area contributed by atoms with Crippen molar-refractivity contribution in [3.05, 3.63) is 29.3 Å². The number of rotatable bonds is 10. The van der Waals surface area contributed by atoms with Gasteiger partial charge in [-0.15, -0.1) is 0 Å². The van der Waals surface area contributed by atoms with E-state index in [1.165, 1.54) is 25.7 Å². The molecule has 0 spiro atoms. The summed E-state index contributed by atoms with van der Waals surface area (Å²) in [7, 11) is 0. The van der Waals surface area contributed by atoms with Gasteiger partial charge in [-0.3, -0.25) is 0 Å². The molecule has 2 heteroatoms. The smallest absolute Gasteiger partial charge is 0.121 e. The number of phenols is 1. The van der Waals surface area contributed by atoms with E-state index in [1.807, 2.05) is 12.1 Å². The van der Waals surface area contributed by atoms with Crippen molar-refractivity contribution in [1.29, 1.82) is 0 Å². The molecule has 2 nitrogen and oxygen atoms in total. The topological polar surface area (TPSA) is 40.5 Å². The summed E-state index contributed by atoms with van der Waals surface area (Å²) < 4.78 is 0. The monoisotopic (exact) mass is 334 g/mol. The summed E-state index contributed by atoms with van der Waals surface area (Å²) >= 11 is 0. The molecule has 1 atom stereocenters. The van der Waals surface area contributed by atoms with E-state index in [-0.39, 0.29) is 17.1 Å². The maximum Gasteiger partial charge on any atom is 0.121 e. The van der Waals surface area contributed by atoms with Crippen molar-refractivity contribution >= 4 is 0 Å². The molecule has 2 N–H and O–H groups in total. The molecule has 0 heterocycles. The van der Waals surface area contributed by atoms with Crippen LogP contribution in [0.1, 0.15) is 103 Å². The van der Waals surface area contributed by atoms with Gasteiger partial charge in [0.25, 0.3) is 0 Å². The summed E-state index contributed by atoms with van der Waals surface area (Å²) in [5.41, 5.74) is 1.89. The molecule has 1 aromatic carbocycles. The predicted molar refractivity (Wildman–Crippen MR) is 104 cm³/mol. The van der Waals surface area contributed by atoms with Crippen LogP contribution in [-0.2, 0) is 5.41 Å². The third-order valence-electron chi connectivity index (χ3n) is 5.02. The molecule has 1 aromatic rings. The van der Waals surface area contributed by atoms with Crippen molar-refractivity contribution in [3.8, 4) is 5.75 Å². The van der Waals surface area contributed by atoms with Crippen LogP contribution >= 0.6 is 0 Å². The number of hydrogen-bond donors (Lipinski definition) is 2. The van der Waals surface area contributed by atoms with Gasteiger partial charge in [0, 0.05) is 5.56 Å². The number of unbranched alkanes of at least 4 members (excludes halogenated alkanes) is 4. The molecule has 138 valence electrons.